The molecule has 0 spiro atoms. The van der Waals surface area contributed by atoms with E-state index in [4.69, 9.17) is 20.9 Å². The zero-order valence-corrected chi connectivity index (χ0v) is 15.6. The number of hydrogen-bond acceptors (Lipinski definition) is 5. The van der Waals surface area contributed by atoms with Gasteiger partial charge in [0.1, 0.15) is 11.5 Å². The largest absolute Gasteiger partial charge is 0.456 e. The SMILES string of the molecule is CCO[PH](=O)Cc1cc(Oc2ccc(C(F)(F)F)cc2Cl)ccc1[N+](=O)[O-]. The summed E-state index contributed by atoms with van der Waals surface area (Å²) in [6, 6.07) is 6.29. The fourth-order valence-corrected chi connectivity index (χ4v) is 3.44. The van der Waals surface area contributed by atoms with E-state index in [1.165, 1.54) is 12.1 Å². The molecule has 2 aromatic carbocycles. The number of nitrogens with zero attached hydrogens (tertiary/aromatic N) is 1. The van der Waals surface area contributed by atoms with E-state index in [1.807, 2.05) is 0 Å². The van der Waals surface area contributed by atoms with Crippen molar-refractivity contribution in [1.82, 2.24) is 0 Å². The lowest BCUT2D eigenvalue weighted by atomic mass is 10.2. The molecular formula is C16H14ClF3NO5P. The fraction of sp³-hybridized carbons (Fsp3) is 0.250. The van der Waals surface area contributed by atoms with Crippen LogP contribution in [-0.2, 0) is 21.4 Å². The number of nitro benzene ring substituents is 1. The lowest BCUT2D eigenvalue weighted by Gasteiger charge is -2.12. The minimum Gasteiger partial charge on any atom is -0.456 e. The van der Waals surface area contributed by atoms with Crippen LogP contribution >= 0.6 is 19.6 Å². The molecule has 0 saturated heterocycles. The molecule has 0 radical (unpaired) electrons. The van der Waals surface area contributed by atoms with Gasteiger partial charge in [-0.15, -0.1) is 0 Å². The van der Waals surface area contributed by atoms with Crippen LogP contribution in [0.2, 0.25) is 5.02 Å². The minimum atomic E-state index is -4.55. The predicted octanol–water partition coefficient (Wildman–Crippen LogP) is 6.07. The Kier molecular flexibility index (Phi) is 6.86. The zero-order valence-electron chi connectivity index (χ0n) is 13.9. The molecule has 2 aromatic rings. The third-order valence-corrected chi connectivity index (χ3v) is 4.95. The van der Waals surface area contributed by atoms with Crippen LogP contribution in [0.5, 0.6) is 11.5 Å². The molecule has 0 aliphatic rings. The highest BCUT2D eigenvalue weighted by Gasteiger charge is 2.31. The molecule has 0 heterocycles. The Hall–Kier alpha value is -2.09. The second-order valence-corrected chi connectivity index (χ2v) is 7.07. The Balaban J connectivity index is 2.31. The number of ether oxygens (including phenoxy) is 1. The third kappa shape index (κ3) is 5.69. The maximum Gasteiger partial charge on any atom is 0.416 e. The lowest BCUT2D eigenvalue weighted by Crippen LogP contribution is -2.04. The van der Waals surface area contributed by atoms with Crippen molar-refractivity contribution < 1.29 is 31.9 Å². The average molecular weight is 424 g/mol. The first-order chi connectivity index (χ1) is 12.6. The molecule has 0 aliphatic carbocycles. The molecular weight excluding hydrogens is 410 g/mol. The summed E-state index contributed by atoms with van der Waals surface area (Å²) in [4.78, 5) is 10.5. The molecule has 0 amide bonds. The van der Waals surface area contributed by atoms with Gasteiger partial charge in [-0.25, -0.2) is 0 Å². The molecule has 0 aliphatic heterocycles. The number of alkyl halides is 3. The van der Waals surface area contributed by atoms with E-state index in [0.717, 1.165) is 24.3 Å². The molecule has 1 atom stereocenters. The maximum atomic E-state index is 12.7. The summed E-state index contributed by atoms with van der Waals surface area (Å²) in [5, 5.41) is 10.9. The molecule has 2 rings (SSSR count). The molecule has 27 heavy (non-hydrogen) atoms. The summed E-state index contributed by atoms with van der Waals surface area (Å²) in [6.07, 6.45) is -4.72. The van der Waals surface area contributed by atoms with Crippen LogP contribution in [0.25, 0.3) is 0 Å². The number of halogens is 4. The van der Waals surface area contributed by atoms with Gasteiger partial charge in [-0.3, -0.25) is 14.7 Å². The summed E-state index contributed by atoms with van der Waals surface area (Å²) in [5.74, 6) is 0.0467. The summed E-state index contributed by atoms with van der Waals surface area (Å²) in [5.41, 5.74) is -1.07. The normalized spacial score (nSPS) is 12.6. The Morgan fingerprint density at radius 2 is 1.93 bits per heavy atom. The van der Waals surface area contributed by atoms with Crippen LogP contribution in [0.1, 0.15) is 18.1 Å². The second-order valence-electron chi connectivity index (χ2n) is 5.27. The van der Waals surface area contributed by atoms with Crippen LogP contribution in [0, 0.1) is 10.1 Å². The van der Waals surface area contributed by atoms with Crippen molar-refractivity contribution in [2.24, 2.45) is 0 Å². The van der Waals surface area contributed by atoms with Gasteiger partial charge in [-0.05, 0) is 37.3 Å². The molecule has 0 aromatic heterocycles. The highest BCUT2D eigenvalue weighted by Crippen LogP contribution is 2.38. The molecule has 0 fully saturated rings. The van der Waals surface area contributed by atoms with Gasteiger partial charge < -0.3 is 9.26 Å². The van der Waals surface area contributed by atoms with Crippen molar-refractivity contribution in [2.75, 3.05) is 6.61 Å². The van der Waals surface area contributed by atoms with Gasteiger partial charge in [-0.1, -0.05) is 11.6 Å². The van der Waals surface area contributed by atoms with E-state index in [1.54, 1.807) is 6.92 Å². The van der Waals surface area contributed by atoms with E-state index >= 15 is 0 Å². The van der Waals surface area contributed by atoms with Gasteiger partial charge in [0.05, 0.1) is 28.3 Å². The van der Waals surface area contributed by atoms with Gasteiger partial charge in [-0.2, -0.15) is 13.2 Å². The Morgan fingerprint density at radius 1 is 1.22 bits per heavy atom. The van der Waals surface area contributed by atoms with Crippen molar-refractivity contribution in [3.8, 4) is 11.5 Å². The maximum absolute atomic E-state index is 12.7. The first-order valence-electron chi connectivity index (χ1n) is 7.59. The van der Waals surface area contributed by atoms with Crippen LogP contribution in [-0.4, -0.2) is 11.5 Å². The molecule has 11 heteroatoms. The molecule has 6 nitrogen and oxygen atoms in total. The summed E-state index contributed by atoms with van der Waals surface area (Å²) >= 11 is 5.83. The van der Waals surface area contributed by atoms with Gasteiger partial charge in [0.2, 0.25) is 0 Å². The average Bonchev–Trinajstić information content (AvgIpc) is 2.56. The van der Waals surface area contributed by atoms with Crippen molar-refractivity contribution in [3.63, 3.8) is 0 Å². The molecule has 0 bridgehead atoms. The van der Waals surface area contributed by atoms with E-state index in [-0.39, 0.29) is 40.5 Å². The summed E-state index contributed by atoms with van der Waals surface area (Å²) < 4.78 is 60.3. The Morgan fingerprint density at radius 3 is 2.48 bits per heavy atom. The quantitative estimate of drug-likeness (QED) is 0.307. The number of hydrogen-bond donors (Lipinski definition) is 0. The highest BCUT2D eigenvalue weighted by atomic mass is 35.5. The van der Waals surface area contributed by atoms with Crippen LogP contribution in [0.3, 0.4) is 0 Å². The zero-order chi connectivity index (χ0) is 20.2. The van der Waals surface area contributed by atoms with Crippen LogP contribution in [0.15, 0.2) is 36.4 Å². The van der Waals surface area contributed by atoms with Crippen molar-refractivity contribution in [2.45, 2.75) is 19.3 Å². The number of benzene rings is 2. The molecule has 146 valence electrons. The second kappa shape index (κ2) is 8.73. The Bertz CT molecular complexity index is 876. The number of nitro groups is 1. The standard InChI is InChI=1S/C16H14ClF3NO5P/c1-2-25-27(24)9-10-7-12(4-5-14(10)21(22)23)26-15-6-3-11(8-13(15)17)16(18,19)20/h3-8,27H,2,9H2,1H3. The van der Waals surface area contributed by atoms with Crippen LogP contribution in [0.4, 0.5) is 18.9 Å². The van der Waals surface area contributed by atoms with Gasteiger partial charge in [0.15, 0.2) is 8.03 Å². The number of rotatable bonds is 7. The summed E-state index contributed by atoms with van der Waals surface area (Å²) in [7, 11) is -2.53. The van der Waals surface area contributed by atoms with E-state index in [0.29, 0.717) is 0 Å². The van der Waals surface area contributed by atoms with Gasteiger partial charge >= 0.3 is 6.18 Å². The van der Waals surface area contributed by atoms with Gasteiger partial charge in [0, 0.05) is 11.6 Å². The minimum absolute atomic E-state index is 0.0538. The van der Waals surface area contributed by atoms with E-state index in [9.17, 15) is 27.9 Å². The van der Waals surface area contributed by atoms with E-state index in [2.05, 4.69) is 0 Å². The summed E-state index contributed by atoms with van der Waals surface area (Å²) in [6.45, 7) is 1.84. The fourth-order valence-electron chi connectivity index (χ4n) is 2.20. The topological polar surface area (TPSA) is 78.7 Å². The molecule has 1 unspecified atom stereocenters. The van der Waals surface area contributed by atoms with E-state index < -0.39 is 24.7 Å². The van der Waals surface area contributed by atoms with Crippen molar-refractivity contribution in [1.29, 1.82) is 0 Å². The first kappa shape index (κ1) is 21.2. The highest BCUT2D eigenvalue weighted by molar-refractivity contribution is 7.38. The third-order valence-electron chi connectivity index (χ3n) is 3.37. The van der Waals surface area contributed by atoms with Crippen molar-refractivity contribution in [3.05, 3.63) is 62.7 Å². The Labute approximate surface area is 157 Å². The lowest BCUT2D eigenvalue weighted by molar-refractivity contribution is -0.385. The predicted molar refractivity (Wildman–Crippen MR) is 94.0 cm³/mol. The monoisotopic (exact) mass is 423 g/mol. The smallest absolute Gasteiger partial charge is 0.416 e. The van der Waals surface area contributed by atoms with Crippen molar-refractivity contribution >= 4 is 25.3 Å². The molecule has 0 N–H and O–H groups in total. The van der Waals surface area contributed by atoms with Crippen LogP contribution < -0.4 is 4.74 Å². The molecule has 0 saturated carbocycles. The van der Waals surface area contributed by atoms with Gasteiger partial charge in [0.25, 0.3) is 5.69 Å². The first-order valence-corrected chi connectivity index (χ1v) is 9.49.